The topological polar surface area (TPSA) is 21.8 Å². The quantitative estimate of drug-likeness (QED) is 0.665. The Morgan fingerprint density at radius 1 is 1.07 bits per heavy atom. The standard InChI is InChI=1S/C11H24N4/c1-13-6-8-15(9-7-13)10-11-12-4-3-5-14(11)2/h11-12H,3-10H2,1-2H3. The molecule has 0 aromatic heterocycles. The van der Waals surface area contributed by atoms with Crippen LogP contribution in [0.1, 0.15) is 6.42 Å². The number of rotatable bonds is 2. The molecule has 0 bridgehead atoms. The van der Waals surface area contributed by atoms with E-state index in [0.29, 0.717) is 6.17 Å². The Morgan fingerprint density at radius 3 is 2.47 bits per heavy atom. The lowest BCUT2D eigenvalue weighted by Crippen LogP contribution is -2.57. The molecule has 4 heteroatoms. The van der Waals surface area contributed by atoms with E-state index in [2.05, 4.69) is 34.1 Å². The van der Waals surface area contributed by atoms with Crippen LogP contribution in [0.5, 0.6) is 0 Å². The summed E-state index contributed by atoms with van der Waals surface area (Å²) in [5, 5.41) is 3.60. The molecule has 1 atom stereocenters. The van der Waals surface area contributed by atoms with Crippen LogP contribution in [0.3, 0.4) is 0 Å². The fourth-order valence-corrected chi connectivity index (χ4v) is 2.39. The second kappa shape index (κ2) is 5.25. The van der Waals surface area contributed by atoms with Crippen molar-refractivity contribution >= 4 is 0 Å². The highest BCUT2D eigenvalue weighted by atomic mass is 15.3. The third-order valence-corrected chi connectivity index (χ3v) is 3.63. The van der Waals surface area contributed by atoms with Gasteiger partial charge in [0.05, 0.1) is 6.17 Å². The first-order valence-corrected chi connectivity index (χ1v) is 6.10. The van der Waals surface area contributed by atoms with E-state index in [-0.39, 0.29) is 0 Å². The maximum atomic E-state index is 3.60. The third-order valence-electron chi connectivity index (χ3n) is 3.63. The summed E-state index contributed by atoms with van der Waals surface area (Å²) < 4.78 is 0. The van der Waals surface area contributed by atoms with Crippen LogP contribution in [0.15, 0.2) is 0 Å². The van der Waals surface area contributed by atoms with Crippen molar-refractivity contribution < 1.29 is 0 Å². The summed E-state index contributed by atoms with van der Waals surface area (Å²) in [6.45, 7) is 8.50. The molecule has 4 nitrogen and oxygen atoms in total. The summed E-state index contributed by atoms with van der Waals surface area (Å²) in [4.78, 5) is 7.44. The van der Waals surface area contributed by atoms with Gasteiger partial charge in [0.25, 0.3) is 0 Å². The summed E-state index contributed by atoms with van der Waals surface area (Å²) in [5.41, 5.74) is 0. The number of hydrogen-bond acceptors (Lipinski definition) is 4. The van der Waals surface area contributed by atoms with Crippen molar-refractivity contribution in [2.75, 3.05) is 59.9 Å². The van der Waals surface area contributed by atoms with Gasteiger partial charge in [0.1, 0.15) is 0 Å². The summed E-state index contributed by atoms with van der Waals surface area (Å²) in [7, 11) is 4.44. The van der Waals surface area contributed by atoms with Crippen LogP contribution in [0, 0.1) is 0 Å². The van der Waals surface area contributed by atoms with Gasteiger partial charge >= 0.3 is 0 Å². The highest BCUT2D eigenvalue weighted by Crippen LogP contribution is 2.06. The van der Waals surface area contributed by atoms with Crippen molar-refractivity contribution in [3.63, 3.8) is 0 Å². The van der Waals surface area contributed by atoms with E-state index in [1.165, 1.54) is 52.2 Å². The summed E-state index contributed by atoms with van der Waals surface area (Å²) in [6, 6.07) is 0. The molecular formula is C11H24N4. The molecule has 0 radical (unpaired) electrons. The van der Waals surface area contributed by atoms with Crippen molar-refractivity contribution in [2.24, 2.45) is 0 Å². The van der Waals surface area contributed by atoms with Gasteiger partial charge in [-0.1, -0.05) is 0 Å². The van der Waals surface area contributed by atoms with E-state index in [1.807, 2.05) is 0 Å². The van der Waals surface area contributed by atoms with Gasteiger partial charge in [-0.2, -0.15) is 0 Å². The van der Waals surface area contributed by atoms with Gasteiger partial charge < -0.3 is 10.2 Å². The molecule has 88 valence electrons. The molecule has 2 fully saturated rings. The normalized spacial score (nSPS) is 32.0. The molecule has 0 aliphatic carbocycles. The van der Waals surface area contributed by atoms with Gasteiger partial charge in [-0.05, 0) is 27.1 Å². The molecule has 2 rings (SSSR count). The molecule has 2 saturated heterocycles. The number of hydrogen-bond donors (Lipinski definition) is 1. The molecule has 0 saturated carbocycles. The van der Waals surface area contributed by atoms with Gasteiger partial charge in [0.2, 0.25) is 0 Å². The van der Waals surface area contributed by atoms with Crippen molar-refractivity contribution in [3.8, 4) is 0 Å². The van der Waals surface area contributed by atoms with Crippen LogP contribution < -0.4 is 5.32 Å². The lowest BCUT2D eigenvalue weighted by Gasteiger charge is -2.39. The summed E-state index contributed by atoms with van der Waals surface area (Å²) in [6.07, 6.45) is 1.86. The fourth-order valence-electron chi connectivity index (χ4n) is 2.39. The third kappa shape index (κ3) is 3.14. The van der Waals surface area contributed by atoms with Crippen molar-refractivity contribution in [1.82, 2.24) is 20.0 Å². The fraction of sp³-hybridized carbons (Fsp3) is 1.00. The Morgan fingerprint density at radius 2 is 1.80 bits per heavy atom. The number of nitrogens with one attached hydrogen (secondary N) is 1. The van der Waals surface area contributed by atoms with Gasteiger partial charge in [0.15, 0.2) is 0 Å². The van der Waals surface area contributed by atoms with Crippen LogP contribution in [0.4, 0.5) is 0 Å². The first-order chi connectivity index (χ1) is 7.25. The highest BCUT2D eigenvalue weighted by Gasteiger charge is 2.22. The average Bonchev–Trinajstić information content (AvgIpc) is 2.25. The zero-order valence-corrected chi connectivity index (χ0v) is 10.1. The second-order valence-corrected chi connectivity index (χ2v) is 4.91. The lowest BCUT2D eigenvalue weighted by molar-refractivity contribution is 0.0832. The molecule has 2 aliphatic rings. The molecule has 2 aliphatic heterocycles. The second-order valence-electron chi connectivity index (χ2n) is 4.91. The van der Waals surface area contributed by atoms with Crippen LogP contribution in [-0.4, -0.2) is 80.8 Å². The molecule has 2 heterocycles. The largest absolute Gasteiger partial charge is 0.304 e. The Labute approximate surface area is 93.2 Å². The monoisotopic (exact) mass is 212 g/mol. The van der Waals surface area contributed by atoms with Crippen LogP contribution >= 0.6 is 0 Å². The Kier molecular flexibility index (Phi) is 3.97. The lowest BCUT2D eigenvalue weighted by atomic mass is 10.2. The zero-order chi connectivity index (χ0) is 10.7. The Balaban J connectivity index is 1.75. The molecule has 0 aromatic rings. The number of piperazine rings is 1. The van der Waals surface area contributed by atoms with Gasteiger partial charge in [-0.3, -0.25) is 9.80 Å². The van der Waals surface area contributed by atoms with E-state index in [1.54, 1.807) is 0 Å². The maximum Gasteiger partial charge on any atom is 0.0725 e. The number of nitrogens with zero attached hydrogens (tertiary/aromatic N) is 3. The SMILES string of the molecule is CN1CCN(CC2NCCCN2C)CC1. The zero-order valence-electron chi connectivity index (χ0n) is 10.1. The van der Waals surface area contributed by atoms with E-state index < -0.39 is 0 Å². The van der Waals surface area contributed by atoms with Gasteiger partial charge in [0, 0.05) is 39.3 Å². The Hall–Kier alpha value is -0.160. The van der Waals surface area contributed by atoms with Crippen LogP contribution in [0.2, 0.25) is 0 Å². The smallest absolute Gasteiger partial charge is 0.0725 e. The van der Waals surface area contributed by atoms with Crippen molar-refractivity contribution in [1.29, 1.82) is 0 Å². The van der Waals surface area contributed by atoms with Gasteiger partial charge in [-0.25, -0.2) is 0 Å². The number of likely N-dealkylation sites (N-methyl/N-ethyl adjacent to an activating group) is 2. The predicted molar refractivity (Wildman–Crippen MR) is 63.0 cm³/mol. The molecule has 0 amide bonds. The highest BCUT2D eigenvalue weighted by molar-refractivity contribution is 4.78. The average molecular weight is 212 g/mol. The molecule has 0 spiro atoms. The van der Waals surface area contributed by atoms with Crippen LogP contribution in [0.25, 0.3) is 0 Å². The van der Waals surface area contributed by atoms with E-state index in [0.717, 1.165) is 0 Å². The minimum absolute atomic E-state index is 0.571. The van der Waals surface area contributed by atoms with E-state index in [4.69, 9.17) is 0 Å². The van der Waals surface area contributed by atoms with E-state index >= 15 is 0 Å². The molecule has 1 unspecified atom stereocenters. The van der Waals surface area contributed by atoms with Crippen molar-refractivity contribution in [3.05, 3.63) is 0 Å². The van der Waals surface area contributed by atoms with Crippen molar-refractivity contribution in [2.45, 2.75) is 12.6 Å². The Bertz CT molecular complexity index is 189. The molecule has 1 N–H and O–H groups in total. The molecule has 0 aromatic carbocycles. The predicted octanol–water partition coefficient (Wildman–Crippen LogP) is -0.515. The van der Waals surface area contributed by atoms with Crippen LogP contribution in [-0.2, 0) is 0 Å². The molecule has 15 heavy (non-hydrogen) atoms. The van der Waals surface area contributed by atoms with Gasteiger partial charge in [-0.15, -0.1) is 0 Å². The molecular weight excluding hydrogens is 188 g/mol. The van der Waals surface area contributed by atoms with E-state index in [9.17, 15) is 0 Å². The maximum absolute atomic E-state index is 3.60. The minimum Gasteiger partial charge on any atom is -0.304 e. The minimum atomic E-state index is 0.571. The summed E-state index contributed by atoms with van der Waals surface area (Å²) >= 11 is 0. The summed E-state index contributed by atoms with van der Waals surface area (Å²) in [5.74, 6) is 0. The first kappa shape index (κ1) is 11.3. The first-order valence-electron chi connectivity index (χ1n) is 6.10.